The summed E-state index contributed by atoms with van der Waals surface area (Å²) in [5, 5.41) is 0. The molecular weight excluding hydrogens is 330 g/mol. The lowest BCUT2D eigenvalue weighted by molar-refractivity contribution is 0.188. The maximum atomic E-state index is 5.16. The van der Waals surface area contributed by atoms with Crippen molar-refractivity contribution in [3.8, 4) is 0 Å². The summed E-state index contributed by atoms with van der Waals surface area (Å²) in [5.74, 6) is 0.920. The van der Waals surface area contributed by atoms with Gasteiger partial charge in [0.15, 0.2) is 17.0 Å². The van der Waals surface area contributed by atoms with Crippen LogP contribution in [0, 0.1) is 0 Å². The van der Waals surface area contributed by atoms with E-state index in [1.165, 1.54) is 0 Å². The highest BCUT2D eigenvalue weighted by Crippen LogP contribution is 2.22. The first-order valence-corrected chi connectivity index (χ1v) is 8.87. The van der Waals surface area contributed by atoms with Crippen LogP contribution in [0.15, 0.2) is 37.1 Å². The van der Waals surface area contributed by atoms with E-state index >= 15 is 0 Å². The fourth-order valence-corrected chi connectivity index (χ4v) is 3.29. The SMILES string of the molecule is COCCn1cnc2c(N3CCN(Cc4ccccn4)CC3)ncnc21. The first-order chi connectivity index (χ1) is 12.8. The molecule has 0 N–H and O–H groups in total. The van der Waals surface area contributed by atoms with Gasteiger partial charge in [-0.3, -0.25) is 9.88 Å². The Kier molecular flexibility index (Phi) is 5.03. The third kappa shape index (κ3) is 3.51. The molecule has 4 rings (SSSR count). The van der Waals surface area contributed by atoms with Crippen molar-refractivity contribution >= 4 is 17.0 Å². The van der Waals surface area contributed by atoms with Crippen molar-refractivity contribution in [2.24, 2.45) is 0 Å². The van der Waals surface area contributed by atoms with Crippen LogP contribution in [0.4, 0.5) is 5.82 Å². The zero-order valence-corrected chi connectivity index (χ0v) is 15.0. The Morgan fingerprint density at radius 3 is 2.69 bits per heavy atom. The summed E-state index contributed by atoms with van der Waals surface area (Å²) in [6.45, 7) is 6.06. The van der Waals surface area contributed by atoms with Crippen LogP contribution in [0.2, 0.25) is 0 Å². The van der Waals surface area contributed by atoms with Crippen LogP contribution >= 0.6 is 0 Å². The summed E-state index contributed by atoms with van der Waals surface area (Å²) in [6, 6.07) is 6.07. The second kappa shape index (κ2) is 7.76. The highest BCUT2D eigenvalue weighted by molar-refractivity contribution is 5.83. The number of ether oxygens (including phenoxy) is 1. The van der Waals surface area contributed by atoms with Crippen LogP contribution in [0.1, 0.15) is 5.69 Å². The number of imidazole rings is 1. The molecule has 136 valence electrons. The monoisotopic (exact) mass is 353 g/mol. The van der Waals surface area contributed by atoms with Crippen molar-refractivity contribution in [2.75, 3.05) is 44.8 Å². The Hall–Kier alpha value is -2.58. The van der Waals surface area contributed by atoms with Crippen molar-refractivity contribution in [2.45, 2.75) is 13.1 Å². The van der Waals surface area contributed by atoms with Crippen molar-refractivity contribution in [1.29, 1.82) is 0 Å². The molecule has 0 saturated carbocycles. The summed E-state index contributed by atoms with van der Waals surface area (Å²) in [5.41, 5.74) is 2.84. The predicted molar refractivity (Wildman–Crippen MR) is 98.9 cm³/mol. The van der Waals surface area contributed by atoms with Gasteiger partial charge >= 0.3 is 0 Å². The van der Waals surface area contributed by atoms with Gasteiger partial charge in [-0.05, 0) is 12.1 Å². The number of hydrogen-bond donors (Lipinski definition) is 0. The van der Waals surface area contributed by atoms with Gasteiger partial charge in [0.2, 0.25) is 0 Å². The van der Waals surface area contributed by atoms with Gasteiger partial charge in [-0.15, -0.1) is 0 Å². The summed E-state index contributed by atoms with van der Waals surface area (Å²) in [7, 11) is 1.70. The quantitative estimate of drug-likeness (QED) is 0.659. The number of methoxy groups -OCH3 is 1. The molecule has 0 amide bonds. The fourth-order valence-electron chi connectivity index (χ4n) is 3.29. The number of anilines is 1. The number of hydrogen-bond acceptors (Lipinski definition) is 7. The maximum absolute atomic E-state index is 5.16. The molecule has 1 aliphatic rings. The van der Waals surface area contributed by atoms with E-state index in [-0.39, 0.29) is 0 Å². The Morgan fingerprint density at radius 1 is 1.04 bits per heavy atom. The molecule has 0 spiro atoms. The van der Waals surface area contributed by atoms with Crippen molar-refractivity contribution < 1.29 is 4.74 Å². The van der Waals surface area contributed by atoms with Gasteiger partial charge in [0.1, 0.15) is 6.33 Å². The molecular formula is C18H23N7O. The number of aromatic nitrogens is 5. The lowest BCUT2D eigenvalue weighted by atomic mass is 10.2. The molecule has 26 heavy (non-hydrogen) atoms. The Labute approximate surface area is 152 Å². The molecule has 3 aromatic heterocycles. The Balaban J connectivity index is 1.45. The van der Waals surface area contributed by atoms with E-state index in [1.807, 2.05) is 29.2 Å². The Bertz CT molecular complexity index is 843. The van der Waals surface area contributed by atoms with Crippen LogP contribution < -0.4 is 4.90 Å². The van der Waals surface area contributed by atoms with Gasteiger partial charge in [0.25, 0.3) is 0 Å². The normalized spacial score (nSPS) is 15.7. The molecule has 3 aromatic rings. The van der Waals surface area contributed by atoms with Crippen LogP contribution in [0.5, 0.6) is 0 Å². The highest BCUT2D eigenvalue weighted by atomic mass is 16.5. The molecule has 1 fully saturated rings. The summed E-state index contributed by atoms with van der Waals surface area (Å²) in [6.07, 6.45) is 5.30. The van der Waals surface area contributed by atoms with Gasteiger partial charge in [0, 0.05) is 52.6 Å². The third-order valence-electron chi connectivity index (χ3n) is 4.70. The average Bonchev–Trinajstić information content (AvgIpc) is 3.11. The maximum Gasteiger partial charge on any atom is 0.165 e. The summed E-state index contributed by atoms with van der Waals surface area (Å²) in [4.78, 5) is 22.6. The van der Waals surface area contributed by atoms with E-state index < -0.39 is 0 Å². The molecule has 0 unspecified atom stereocenters. The molecule has 0 radical (unpaired) electrons. The number of pyridine rings is 1. The standard InChI is InChI=1S/C18H23N7O/c1-26-11-10-25-14-22-16-17(20-13-21-18(16)25)24-8-6-23(7-9-24)12-15-4-2-3-5-19-15/h2-5,13-14H,6-12H2,1H3. The zero-order chi connectivity index (χ0) is 17.8. The smallest absolute Gasteiger partial charge is 0.165 e. The minimum Gasteiger partial charge on any atom is -0.383 e. The molecule has 0 aromatic carbocycles. The summed E-state index contributed by atoms with van der Waals surface area (Å²) < 4.78 is 7.17. The van der Waals surface area contributed by atoms with Crippen molar-refractivity contribution in [1.82, 2.24) is 29.4 Å². The second-order valence-electron chi connectivity index (χ2n) is 6.38. The molecule has 0 atom stereocenters. The van der Waals surface area contributed by atoms with Gasteiger partial charge in [-0.2, -0.15) is 0 Å². The van der Waals surface area contributed by atoms with Crippen LogP contribution in [-0.4, -0.2) is 69.3 Å². The minimum absolute atomic E-state index is 0.636. The Morgan fingerprint density at radius 2 is 1.92 bits per heavy atom. The van der Waals surface area contributed by atoms with Crippen molar-refractivity contribution in [3.63, 3.8) is 0 Å². The predicted octanol–water partition coefficient (Wildman–Crippen LogP) is 1.19. The lowest BCUT2D eigenvalue weighted by Crippen LogP contribution is -2.46. The van der Waals surface area contributed by atoms with Crippen LogP contribution in [-0.2, 0) is 17.8 Å². The van der Waals surface area contributed by atoms with E-state index in [2.05, 4.69) is 35.8 Å². The number of rotatable bonds is 6. The number of piperazine rings is 1. The molecule has 4 heterocycles. The minimum atomic E-state index is 0.636. The van der Waals surface area contributed by atoms with Crippen molar-refractivity contribution in [3.05, 3.63) is 42.7 Å². The molecule has 8 nitrogen and oxygen atoms in total. The van der Waals surface area contributed by atoms with E-state index in [1.54, 1.807) is 13.4 Å². The van der Waals surface area contributed by atoms with E-state index in [4.69, 9.17) is 4.74 Å². The second-order valence-corrected chi connectivity index (χ2v) is 6.38. The topological polar surface area (TPSA) is 72.2 Å². The molecule has 1 aliphatic heterocycles. The third-order valence-corrected chi connectivity index (χ3v) is 4.70. The van der Waals surface area contributed by atoms with Crippen LogP contribution in [0.3, 0.4) is 0 Å². The van der Waals surface area contributed by atoms with Crippen LogP contribution in [0.25, 0.3) is 11.2 Å². The first-order valence-electron chi connectivity index (χ1n) is 8.87. The van der Waals surface area contributed by atoms with E-state index in [0.29, 0.717) is 6.61 Å². The van der Waals surface area contributed by atoms with E-state index in [0.717, 1.165) is 61.9 Å². The van der Waals surface area contributed by atoms with Gasteiger partial charge in [-0.1, -0.05) is 6.07 Å². The molecule has 0 bridgehead atoms. The largest absolute Gasteiger partial charge is 0.383 e. The zero-order valence-electron chi connectivity index (χ0n) is 15.0. The fraction of sp³-hybridized carbons (Fsp3) is 0.444. The molecule has 0 aliphatic carbocycles. The van der Waals surface area contributed by atoms with Gasteiger partial charge < -0.3 is 14.2 Å². The number of fused-ring (bicyclic) bond motifs is 1. The lowest BCUT2D eigenvalue weighted by Gasteiger charge is -2.35. The molecule has 1 saturated heterocycles. The average molecular weight is 353 g/mol. The summed E-state index contributed by atoms with van der Waals surface area (Å²) >= 11 is 0. The van der Waals surface area contributed by atoms with Gasteiger partial charge in [0.05, 0.1) is 18.6 Å². The number of nitrogens with zero attached hydrogens (tertiary/aromatic N) is 7. The molecule has 8 heteroatoms. The van der Waals surface area contributed by atoms with Gasteiger partial charge in [-0.25, -0.2) is 15.0 Å². The van der Waals surface area contributed by atoms with E-state index in [9.17, 15) is 0 Å². The first kappa shape index (κ1) is 16.9. The highest BCUT2D eigenvalue weighted by Gasteiger charge is 2.21.